The Morgan fingerprint density at radius 1 is 1.03 bits per heavy atom. The van der Waals surface area contributed by atoms with Crippen molar-refractivity contribution >= 4 is 45.5 Å². The Bertz CT molecular complexity index is 1470. The third kappa shape index (κ3) is 5.96. The van der Waals surface area contributed by atoms with Crippen molar-refractivity contribution in [1.82, 2.24) is 5.43 Å². The lowest BCUT2D eigenvalue weighted by Crippen LogP contribution is -2.19. The summed E-state index contributed by atoms with van der Waals surface area (Å²) in [5, 5.41) is 6.47. The molecule has 1 amide bonds. The zero-order valence-corrected chi connectivity index (χ0v) is 22.4. The van der Waals surface area contributed by atoms with Gasteiger partial charge in [0, 0.05) is 0 Å². The van der Waals surface area contributed by atoms with Gasteiger partial charge in [-0.25, -0.2) is 5.43 Å². The van der Waals surface area contributed by atoms with Gasteiger partial charge >= 0.3 is 0 Å². The van der Waals surface area contributed by atoms with Crippen LogP contribution in [0.2, 0.25) is 0 Å². The number of hydrazone groups is 1. The lowest BCUT2D eigenvalue weighted by atomic mass is 10.1. The standard InChI is InChI=1S/C29H25IN2O5/c1-2-34-27-14-20(16-31-32-28(33)15-19-10-11-25-26(13-19)37-18-36-25)12-24(30)29(27)35-17-22-8-5-7-21-6-3-4-9-23(21)22/h3-14,16H,2,15,17-18H2,1H3,(H,32,33)/b31-16-. The first kappa shape index (κ1) is 24.9. The maximum Gasteiger partial charge on any atom is 0.244 e. The number of carbonyl (C=O) groups excluding carboxylic acids is 1. The van der Waals surface area contributed by atoms with Crippen LogP contribution in [0, 0.1) is 3.57 Å². The SMILES string of the molecule is CCOc1cc(/C=N\NC(=O)Cc2ccc3c(c2)OCO3)cc(I)c1OCc1cccc2ccccc12. The quantitative estimate of drug-likeness (QED) is 0.147. The highest BCUT2D eigenvalue weighted by Crippen LogP contribution is 2.35. The number of nitrogens with one attached hydrogen (secondary N) is 1. The summed E-state index contributed by atoms with van der Waals surface area (Å²) in [4.78, 5) is 12.4. The highest BCUT2D eigenvalue weighted by molar-refractivity contribution is 14.1. The average Bonchev–Trinajstić information content (AvgIpc) is 3.36. The molecule has 1 N–H and O–H groups in total. The molecule has 1 heterocycles. The number of amides is 1. The van der Waals surface area contributed by atoms with E-state index in [9.17, 15) is 4.79 Å². The first-order valence-corrected chi connectivity index (χ1v) is 12.9. The number of hydrogen-bond acceptors (Lipinski definition) is 6. The molecule has 1 aliphatic heterocycles. The van der Waals surface area contributed by atoms with E-state index in [2.05, 4.69) is 57.4 Å². The molecule has 1 aliphatic rings. The number of ether oxygens (including phenoxy) is 4. The monoisotopic (exact) mass is 608 g/mol. The molecule has 0 saturated carbocycles. The van der Waals surface area contributed by atoms with Gasteiger partial charge in [0.1, 0.15) is 6.61 Å². The van der Waals surface area contributed by atoms with Gasteiger partial charge in [-0.2, -0.15) is 5.10 Å². The number of benzene rings is 4. The fourth-order valence-electron chi connectivity index (χ4n) is 4.09. The molecule has 188 valence electrons. The Kier molecular flexibility index (Phi) is 7.74. The minimum atomic E-state index is -0.232. The molecule has 0 spiro atoms. The molecular formula is C29H25IN2O5. The van der Waals surface area contributed by atoms with E-state index in [0.717, 1.165) is 20.3 Å². The van der Waals surface area contributed by atoms with E-state index in [1.165, 1.54) is 10.8 Å². The van der Waals surface area contributed by atoms with Crippen LogP contribution in [0.1, 0.15) is 23.6 Å². The van der Waals surface area contributed by atoms with Crippen LogP contribution >= 0.6 is 22.6 Å². The largest absolute Gasteiger partial charge is 0.490 e. The Morgan fingerprint density at radius 3 is 2.76 bits per heavy atom. The Morgan fingerprint density at radius 2 is 1.86 bits per heavy atom. The number of nitrogens with zero attached hydrogens (tertiary/aromatic N) is 1. The lowest BCUT2D eigenvalue weighted by molar-refractivity contribution is -0.120. The molecule has 0 saturated heterocycles. The van der Waals surface area contributed by atoms with Gasteiger partial charge in [-0.3, -0.25) is 4.79 Å². The van der Waals surface area contributed by atoms with E-state index in [4.69, 9.17) is 18.9 Å². The minimum absolute atomic E-state index is 0.177. The number of rotatable bonds is 9. The number of fused-ring (bicyclic) bond motifs is 2. The van der Waals surface area contributed by atoms with Gasteiger partial charge in [-0.05, 0) is 81.2 Å². The summed E-state index contributed by atoms with van der Waals surface area (Å²) in [6.45, 7) is 3.04. The van der Waals surface area contributed by atoms with Crippen LogP contribution in [0.15, 0.2) is 77.9 Å². The highest BCUT2D eigenvalue weighted by atomic mass is 127. The van der Waals surface area contributed by atoms with E-state index < -0.39 is 0 Å². The first-order valence-electron chi connectivity index (χ1n) is 11.9. The van der Waals surface area contributed by atoms with Crippen LogP contribution in [-0.4, -0.2) is 25.5 Å². The molecule has 8 heteroatoms. The molecule has 4 aromatic rings. The summed E-state index contributed by atoms with van der Waals surface area (Å²) >= 11 is 2.23. The number of hydrogen-bond donors (Lipinski definition) is 1. The molecular weight excluding hydrogens is 583 g/mol. The van der Waals surface area contributed by atoms with Crippen molar-refractivity contribution in [2.75, 3.05) is 13.4 Å². The third-order valence-electron chi connectivity index (χ3n) is 5.79. The summed E-state index contributed by atoms with van der Waals surface area (Å²) in [5.41, 5.74) is 5.29. The fourth-order valence-corrected chi connectivity index (χ4v) is 4.87. The van der Waals surface area contributed by atoms with Gasteiger partial charge in [-0.1, -0.05) is 48.5 Å². The summed E-state index contributed by atoms with van der Waals surface area (Å²) < 4.78 is 23.7. The zero-order valence-electron chi connectivity index (χ0n) is 20.2. The van der Waals surface area contributed by atoms with E-state index in [1.54, 1.807) is 18.3 Å². The molecule has 0 radical (unpaired) electrons. The molecule has 0 atom stereocenters. The van der Waals surface area contributed by atoms with Crippen LogP contribution < -0.4 is 24.4 Å². The maximum atomic E-state index is 12.4. The maximum absolute atomic E-state index is 12.4. The Labute approximate surface area is 228 Å². The molecule has 5 rings (SSSR count). The van der Waals surface area contributed by atoms with Gasteiger partial charge < -0.3 is 18.9 Å². The molecule has 0 fully saturated rings. The van der Waals surface area contributed by atoms with Gasteiger partial charge in [-0.15, -0.1) is 0 Å². The Balaban J connectivity index is 1.25. The molecule has 0 aliphatic carbocycles. The topological polar surface area (TPSA) is 78.4 Å². The van der Waals surface area contributed by atoms with E-state index in [-0.39, 0.29) is 19.1 Å². The van der Waals surface area contributed by atoms with E-state index in [1.807, 2.05) is 43.3 Å². The van der Waals surface area contributed by atoms with Crippen molar-refractivity contribution in [2.45, 2.75) is 20.0 Å². The van der Waals surface area contributed by atoms with Gasteiger partial charge in [0.05, 0.1) is 22.8 Å². The van der Waals surface area contributed by atoms with Gasteiger partial charge in [0.2, 0.25) is 12.7 Å². The van der Waals surface area contributed by atoms with E-state index >= 15 is 0 Å². The van der Waals surface area contributed by atoms with Crippen molar-refractivity contribution in [3.05, 3.63) is 93.1 Å². The summed E-state index contributed by atoms with van der Waals surface area (Å²) in [6, 6.07) is 23.7. The second-order valence-corrected chi connectivity index (χ2v) is 9.51. The van der Waals surface area contributed by atoms with Crippen molar-refractivity contribution in [3.63, 3.8) is 0 Å². The van der Waals surface area contributed by atoms with Crippen LogP contribution in [0.5, 0.6) is 23.0 Å². The number of carbonyl (C=O) groups is 1. The van der Waals surface area contributed by atoms with Crippen molar-refractivity contribution in [2.24, 2.45) is 5.10 Å². The summed E-state index contributed by atoms with van der Waals surface area (Å²) in [7, 11) is 0. The molecule has 0 unspecified atom stereocenters. The zero-order chi connectivity index (χ0) is 25.6. The molecule has 37 heavy (non-hydrogen) atoms. The van der Waals surface area contributed by atoms with Crippen LogP contribution in [0.3, 0.4) is 0 Å². The van der Waals surface area contributed by atoms with Crippen molar-refractivity contribution in [1.29, 1.82) is 0 Å². The van der Waals surface area contributed by atoms with Crippen LogP contribution in [0.4, 0.5) is 0 Å². The van der Waals surface area contributed by atoms with Crippen LogP contribution in [0.25, 0.3) is 10.8 Å². The molecule has 4 aromatic carbocycles. The Hall–Kier alpha value is -3.79. The predicted molar refractivity (Wildman–Crippen MR) is 151 cm³/mol. The normalized spacial score (nSPS) is 12.2. The summed E-state index contributed by atoms with van der Waals surface area (Å²) in [5.74, 6) is 2.41. The van der Waals surface area contributed by atoms with Gasteiger partial charge in [0.15, 0.2) is 23.0 Å². The lowest BCUT2D eigenvalue weighted by Gasteiger charge is -2.15. The minimum Gasteiger partial charge on any atom is -0.490 e. The average molecular weight is 608 g/mol. The van der Waals surface area contributed by atoms with Crippen molar-refractivity contribution in [3.8, 4) is 23.0 Å². The number of halogens is 1. The van der Waals surface area contributed by atoms with Crippen LogP contribution in [-0.2, 0) is 17.8 Å². The highest BCUT2D eigenvalue weighted by Gasteiger charge is 2.15. The second kappa shape index (κ2) is 11.5. The van der Waals surface area contributed by atoms with Gasteiger partial charge in [0.25, 0.3) is 0 Å². The first-order chi connectivity index (χ1) is 18.1. The predicted octanol–water partition coefficient (Wildman–Crippen LogP) is 5.84. The molecule has 0 bridgehead atoms. The van der Waals surface area contributed by atoms with E-state index in [0.29, 0.717) is 36.2 Å². The molecule has 7 nitrogen and oxygen atoms in total. The second-order valence-electron chi connectivity index (χ2n) is 8.35. The third-order valence-corrected chi connectivity index (χ3v) is 6.59. The molecule has 0 aromatic heterocycles. The fraction of sp³-hybridized carbons (Fsp3) is 0.172. The smallest absolute Gasteiger partial charge is 0.244 e. The van der Waals surface area contributed by atoms with Crippen molar-refractivity contribution < 1.29 is 23.7 Å². The summed E-state index contributed by atoms with van der Waals surface area (Å²) in [6.07, 6.45) is 1.77.